The molecule has 0 aliphatic carbocycles. The van der Waals surface area contributed by atoms with Crippen LogP contribution in [0.2, 0.25) is 0 Å². The Bertz CT molecular complexity index is 494. The van der Waals surface area contributed by atoms with Crippen LogP contribution in [0.5, 0.6) is 0 Å². The van der Waals surface area contributed by atoms with E-state index in [2.05, 4.69) is 37.8 Å². The molecule has 102 valence electrons. The van der Waals surface area contributed by atoms with Gasteiger partial charge in [0.15, 0.2) is 0 Å². The van der Waals surface area contributed by atoms with Gasteiger partial charge in [-0.2, -0.15) is 5.10 Å². The van der Waals surface area contributed by atoms with Gasteiger partial charge in [0, 0.05) is 31.3 Å². The fraction of sp³-hybridized carbons (Fsp3) is 0.571. The molecule has 0 atom stereocenters. The van der Waals surface area contributed by atoms with Crippen molar-refractivity contribution in [3.63, 3.8) is 0 Å². The van der Waals surface area contributed by atoms with Crippen molar-refractivity contribution in [2.75, 3.05) is 13.1 Å². The number of hydrogen-bond acceptors (Lipinski definition) is 3. The van der Waals surface area contributed by atoms with Crippen molar-refractivity contribution in [3.8, 4) is 0 Å². The van der Waals surface area contributed by atoms with Crippen molar-refractivity contribution in [3.05, 3.63) is 36.2 Å². The van der Waals surface area contributed by atoms with Gasteiger partial charge in [-0.05, 0) is 44.3 Å². The molecule has 0 unspecified atom stereocenters. The zero-order valence-electron chi connectivity index (χ0n) is 11.4. The van der Waals surface area contributed by atoms with Gasteiger partial charge in [-0.1, -0.05) is 0 Å². The van der Waals surface area contributed by atoms with E-state index in [0.717, 1.165) is 24.7 Å². The Morgan fingerprint density at radius 1 is 1.32 bits per heavy atom. The van der Waals surface area contributed by atoms with Gasteiger partial charge in [0.05, 0.1) is 6.54 Å². The molecule has 5 nitrogen and oxygen atoms in total. The number of piperidine rings is 1. The van der Waals surface area contributed by atoms with E-state index in [0.29, 0.717) is 0 Å². The Morgan fingerprint density at radius 3 is 2.79 bits per heavy atom. The topological polar surface area (TPSA) is 49.7 Å². The first-order chi connectivity index (χ1) is 9.31. The number of imidazole rings is 1. The molecule has 1 aliphatic heterocycles. The summed E-state index contributed by atoms with van der Waals surface area (Å²) in [6, 6.07) is 2.08. The molecule has 1 N–H and O–H groups in total. The van der Waals surface area contributed by atoms with Crippen molar-refractivity contribution in [1.82, 2.24) is 24.6 Å². The number of nitrogens with zero attached hydrogens (tertiary/aromatic N) is 4. The quantitative estimate of drug-likeness (QED) is 0.907. The van der Waals surface area contributed by atoms with Gasteiger partial charge in [-0.25, -0.2) is 4.98 Å². The van der Waals surface area contributed by atoms with Gasteiger partial charge in [0.25, 0.3) is 0 Å². The van der Waals surface area contributed by atoms with Crippen LogP contribution >= 0.6 is 0 Å². The molecule has 2 aromatic heterocycles. The van der Waals surface area contributed by atoms with Crippen LogP contribution in [0.1, 0.15) is 24.4 Å². The lowest BCUT2D eigenvalue weighted by atomic mass is 9.92. The third kappa shape index (κ3) is 3.04. The predicted molar refractivity (Wildman–Crippen MR) is 73.5 cm³/mol. The molecule has 2 aromatic rings. The normalized spacial score (nSPS) is 17.9. The van der Waals surface area contributed by atoms with Crippen LogP contribution in [-0.4, -0.2) is 37.7 Å². The minimum atomic E-state index is 0.790. The van der Waals surface area contributed by atoms with E-state index in [1.165, 1.54) is 31.6 Å². The summed E-state index contributed by atoms with van der Waals surface area (Å²) >= 11 is 0. The summed E-state index contributed by atoms with van der Waals surface area (Å²) in [6.07, 6.45) is 9.40. The third-order valence-corrected chi connectivity index (χ3v) is 4.06. The molecule has 0 amide bonds. The first-order valence-electron chi connectivity index (χ1n) is 6.98. The van der Waals surface area contributed by atoms with Crippen molar-refractivity contribution < 1.29 is 0 Å². The van der Waals surface area contributed by atoms with Crippen LogP contribution in [0.4, 0.5) is 0 Å². The summed E-state index contributed by atoms with van der Waals surface area (Å²) in [5.41, 5.74) is 1.27. The average molecular weight is 259 g/mol. The third-order valence-electron chi connectivity index (χ3n) is 4.06. The lowest BCUT2D eigenvalue weighted by Gasteiger charge is -2.31. The van der Waals surface area contributed by atoms with Gasteiger partial charge in [0.2, 0.25) is 0 Å². The minimum Gasteiger partial charge on any atom is -0.337 e. The number of aromatic amines is 1. The van der Waals surface area contributed by atoms with E-state index in [1.807, 2.05) is 18.6 Å². The van der Waals surface area contributed by atoms with Crippen LogP contribution in [-0.2, 0) is 20.0 Å². The van der Waals surface area contributed by atoms with Crippen LogP contribution in [0.3, 0.4) is 0 Å². The predicted octanol–water partition coefficient (Wildman–Crippen LogP) is 1.60. The van der Waals surface area contributed by atoms with E-state index in [1.54, 1.807) is 0 Å². The maximum atomic E-state index is 4.40. The number of aryl methyl sites for hydroxylation is 1. The molecule has 0 aromatic carbocycles. The van der Waals surface area contributed by atoms with Crippen LogP contribution < -0.4 is 0 Å². The highest BCUT2D eigenvalue weighted by Crippen LogP contribution is 2.21. The number of H-pyrrole nitrogens is 1. The summed E-state index contributed by atoms with van der Waals surface area (Å²) in [5.74, 6) is 1.95. The van der Waals surface area contributed by atoms with Gasteiger partial charge in [-0.3, -0.25) is 10.00 Å². The molecule has 0 saturated carbocycles. The van der Waals surface area contributed by atoms with E-state index >= 15 is 0 Å². The smallest absolute Gasteiger partial charge is 0.122 e. The molecular weight excluding hydrogens is 238 g/mol. The molecule has 5 heteroatoms. The highest BCUT2D eigenvalue weighted by Gasteiger charge is 2.20. The number of aromatic nitrogens is 4. The number of rotatable bonds is 4. The van der Waals surface area contributed by atoms with E-state index in [9.17, 15) is 0 Å². The molecule has 0 bridgehead atoms. The van der Waals surface area contributed by atoms with Crippen LogP contribution in [0.25, 0.3) is 0 Å². The molecule has 1 fully saturated rings. The highest BCUT2D eigenvalue weighted by atomic mass is 15.2. The van der Waals surface area contributed by atoms with Crippen molar-refractivity contribution >= 4 is 0 Å². The first kappa shape index (κ1) is 12.4. The Morgan fingerprint density at radius 2 is 2.16 bits per heavy atom. The molecule has 1 aliphatic rings. The van der Waals surface area contributed by atoms with E-state index in [4.69, 9.17) is 0 Å². The number of likely N-dealkylation sites (tertiary alicyclic amines) is 1. The van der Waals surface area contributed by atoms with Gasteiger partial charge >= 0.3 is 0 Å². The number of nitrogens with one attached hydrogen (secondary N) is 1. The van der Waals surface area contributed by atoms with Gasteiger partial charge in [0.1, 0.15) is 5.82 Å². The molecule has 3 heterocycles. The second-order valence-electron chi connectivity index (χ2n) is 5.46. The molecule has 19 heavy (non-hydrogen) atoms. The standard InChI is InChI=1S/C14H21N5/c1-18-9-6-15-14(18)11-19-7-3-12(4-8-19)10-13-2-5-16-17-13/h2,5-6,9,12H,3-4,7-8,10-11H2,1H3,(H,16,17). The summed E-state index contributed by atoms with van der Waals surface area (Å²) in [5, 5.41) is 7.08. The molecule has 0 radical (unpaired) electrons. The SMILES string of the molecule is Cn1ccnc1CN1CCC(Cc2ccn[nH]2)CC1. The zero-order valence-corrected chi connectivity index (χ0v) is 11.4. The molecule has 3 rings (SSSR count). The average Bonchev–Trinajstić information content (AvgIpc) is 3.05. The van der Waals surface area contributed by atoms with E-state index < -0.39 is 0 Å². The lowest BCUT2D eigenvalue weighted by Crippen LogP contribution is -2.34. The summed E-state index contributed by atoms with van der Waals surface area (Å²) < 4.78 is 2.11. The van der Waals surface area contributed by atoms with E-state index in [-0.39, 0.29) is 0 Å². The van der Waals surface area contributed by atoms with Crippen molar-refractivity contribution in [2.24, 2.45) is 13.0 Å². The largest absolute Gasteiger partial charge is 0.337 e. The fourth-order valence-electron chi connectivity index (χ4n) is 2.81. The van der Waals surface area contributed by atoms with Gasteiger partial charge < -0.3 is 4.57 Å². The van der Waals surface area contributed by atoms with Crippen molar-refractivity contribution in [2.45, 2.75) is 25.8 Å². The Labute approximate surface area is 113 Å². The monoisotopic (exact) mass is 259 g/mol. The molecule has 1 saturated heterocycles. The Balaban J connectivity index is 1.48. The van der Waals surface area contributed by atoms with Crippen LogP contribution in [0.15, 0.2) is 24.7 Å². The highest BCUT2D eigenvalue weighted by molar-refractivity contribution is 4.99. The minimum absolute atomic E-state index is 0.790. The van der Waals surface area contributed by atoms with Crippen LogP contribution in [0, 0.1) is 5.92 Å². The van der Waals surface area contributed by atoms with Gasteiger partial charge in [-0.15, -0.1) is 0 Å². The second kappa shape index (κ2) is 5.57. The first-order valence-corrected chi connectivity index (χ1v) is 6.98. The summed E-state index contributed by atoms with van der Waals surface area (Å²) in [7, 11) is 2.06. The Kier molecular flexibility index (Phi) is 3.64. The maximum absolute atomic E-state index is 4.40. The number of hydrogen-bond donors (Lipinski definition) is 1. The zero-order chi connectivity index (χ0) is 13.1. The second-order valence-corrected chi connectivity index (χ2v) is 5.46. The lowest BCUT2D eigenvalue weighted by molar-refractivity contribution is 0.171. The fourth-order valence-corrected chi connectivity index (χ4v) is 2.81. The summed E-state index contributed by atoms with van der Waals surface area (Å²) in [6.45, 7) is 3.32. The summed E-state index contributed by atoms with van der Waals surface area (Å²) in [4.78, 5) is 6.90. The molecular formula is C14H21N5. The van der Waals surface area contributed by atoms with Crippen molar-refractivity contribution in [1.29, 1.82) is 0 Å². The molecule has 0 spiro atoms. The maximum Gasteiger partial charge on any atom is 0.122 e. The Hall–Kier alpha value is -1.62.